The Morgan fingerprint density at radius 3 is 1.96 bits per heavy atom. The van der Waals surface area contributed by atoms with Crippen LogP contribution in [0.5, 0.6) is 0 Å². The molecule has 137 valence electrons. The van der Waals surface area contributed by atoms with Crippen LogP contribution in [0.25, 0.3) is 0 Å². The van der Waals surface area contributed by atoms with Crippen molar-refractivity contribution in [1.29, 1.82) is 0 Å². The smallest absolute Gasteiger partial charge is 0.147 e. The van der Waals surface area contributed by atoms with Crippen molar-refractivity contribution in [2.75, 3.05) is 0 Å². The predicted octanol–water partition coefficient (Wildman–Crippen LogP) is 7.01. The predicted molar refractivity (Wildman–Crippen MR) is 107 cm³/mol. The Labute approximate surface area is 163 Å². The van der Waals surface area contributed by atoms with Crippen molar-refractivity contribution < 1.29 is 17.9 Å². The number of hydrogen-bond donors (Lipinski definition) is 1. The molecule has 2 N–H and O–H groups in total. The second-order valence-corrected chi connectivity index (χ2v) is 13.0. The Morgan fingerprint density at radius 1 is 1.09 bits per heavy atom. The van der Waals surface area contributed by atoms with E-state index in [4.69, 9.17) is 5.73 Å². The van der Waals surface area contributed by atoms with Crippen molar-refractivity contribution in [1.82, 2.24) is 0 Å². The third kappa shape index (κ3) is 8.59. The van der Waals surface area contributed by atoms with E-state index in [1.54, 1.807) is 9.45 Å². The van der Waals surface area contributed by atoms with E-state index in [9.17, 15) is 0 Å². The van der Waals surface area contributed by atoms with Crippen molar-refractivity contribution in [2.24, 2.45) is 5.73 Å². The third-order valence-corrected chi connectivity index (χ3v) is 10.5. The van der Waals surface area contributed by atoms with Gasteiger partial charge in [0, 0.05) is 0 Å². The third-order valence-electron chi connectivity index (χ3n) is 4.51. The number of nitrogens with two attached hydrogens (primary N) is 1. The summed E-state index contributed by atoms with van der Waals surface area (Å²) in [6.45, 7) is 14.0. The molecule has 23 heavy (non-hydrogen) atoms. The summed E-state index contributed by atoms with van der Waals surface area (Å²) in [5.41, 5.74) is 7.90. The van der Waals surface area contributed by atoms with Crippen LogP contribution in [0.15, 0.2) is 21.6 Å². The summed E-state index contributed by atoms with van der Waals surface area (Å²) in [5, 5.41) is 0. The van der Waals surface area contributed by atoms with Gasteiger partial charge in [0.15, 0.2) is 0 Å². The molecule has 0 radical (unpaired) electrons. The minimum Gasteiger partial charge on any atom is -0.147 e. The number of hydrogen-bond acceptors (Lipinski definition) is 1. The zero-order valence-corrected chi connectivity index (χ0v) is 19.1. The molecule has 0 saturated heterocycles. The summed E-state index contributed by atoms with van der Waals surface area (Å²) < 4.78 is 3.66. The van der Waals surface area contributed by atoms with Crippen LogP contribution in [0, 0.1) is 0 Å². The molecule has 0 amide bonds. The van der Waals surface area contributed by atoms with Gasteiger partial charge < -0.3 is 0 Å². The van der Waals surface area contributed by atoms with E-state index in [2.05, 4.69) is 53.7 Å². The first kappa shape index (κ1) is 26.0. The molecular formula is C19H38Cl2NTi. The van der Waals surface area contributed by atoms with Gasteiger partial charge in [-0.2, -0.15) is 0 Å². The van der Waals surface area contributed by atoms with Crippen LogP contribution in [0.3, 0.4) is 0 Å². The Morgan fingerprint density at radius 2 is 1.57 bits per heavy atom. The first-order valence-corrected chi connectivity index (χ1v) is 11.4. The van der Waals surface area contributed by atoms with Crippen LogP contribution in [0.2, 0.25) is 8.45 Å². The monoisotopic (exact) mass is 398 g/mol. The summed E-state index contributed by atoms with van der Waals surface area (Å²) >= 11 is -1.25. The molecule has 1 aliphatic carbocycles. The van der Waals surface area contributed by atoms with Crippen LogP contribution in [0.1, 0.15) is 80.1 Å². The standard InChI is InChI=1S/C9H14N.2C5H11.2ClH.Ti/c1-9(2,10)7-8-5-3-4-6-8;2*1-3-5-4-2;;;/h3-4H,5,7,10H2,1-2H3;2*3H,4-5H2,1-2H3;2*1H;. The number of halogens is 2. The van der Waals surface area contributed by atoms with Crippen molar-refractivity contribution in [3.8, 4) is 0 Å². The molecule has 4 heteroatoms. The maximum atomic E-state index is 6.30. The molecule has 0 aromatic rings. The summed E-state index contributed by atoms with van der Waals surface area (Å²) in [6, 6.07) is 0. The zero-order valence-electron chi connectivity index (χ0n) is 15.9. The molecule has 0 spiro atoms. The molecule has 1 rings (SSSR count). The van der Waals surface area contributed by atoms with E-state index in [1.807, 2.05) is 0 Å². The average Bonchev–Trinajstić information content (AvgIpc) is 2.76. The summed E-state index contributed by atoms with van der Waals surface area (Å²) in [5.74, 6) is 0. The molecule has 0 heterocycles. The molecule has 0 aromatic heterocycles. The van der Waals surface area contributed by atoms with Gasteiger partial charge in [0.2, 0.25) is 0 Å². The fourth-order valence-electron chi connectivity index (χ4n) is 3.76. The minimum absolute atomic E-state index is 0. The van der Waals surface area contributed by atoms with Gasteiger partial charge in [0.05, 0.1) is 0 Å². The zero-order chi connectivity index (χ0) is 16.0. The van der Waals surface area contributed by atoms with E-state index in [0.29, 0.717) is 0 Å². The summed E-state index contributed by atoms with van der Waals surface area (Å²) in [4.78, 5) is 0. The van der Waals surface area contributed by atoms with Crippen molar-refractivity contribution in [2.45, 2.75) is 94.1 Å². The van der Waals surface area contributed by atoms with Gasteiger partial charge in [-0.15, -0.1) is 24.8 Å². The molecule has 1 nitrogen and oxygen atoms in total. The molecule has 0 aliphatic heterocycles. The van der Waals surface area contributed by atoms with Gasteiger partial charge in [-0.1, -0.05) is 0 Å². The average molecular weight is 399 g/mol. The Balaban J connectivity index is 0. The van der Waals surface area contributed by atoms with Crippen LogP contribution in [0.4, 0.5) is 0 Å². The normalized spacial score (nSPS) is 16.7. The molecule has 0 bridgehead atoms. The molecule has 0 saturated carbocycles. The van der Waals surface area contributed by atoms with Crippen LogP contribution in [-0.4, -0.2) is 5.54 Å². The van der Waals surface area contributed by atoms with Crippen LogP contribution in [-0.2, 0) is 17.9 Å². The first-order valence-electron chi connectivity index (χ1n) is 8.84. The van der Waals surface area contributed by atoms with E-state index in [1.165, 1.54) is 25.7 Å². The van der Waals surface area contributed by atoms with Crippen molar-refractivity contribution in [3.05, 3.63) is 21.6 Å². The quantitative estimate of drug-likeness (QED) is 0.415. The Bertz CT molecular complexity index is 373. The maximum Gasteiger partial charge on any atom is -0.147 e. The summed E-state index contributed by atoms with van der Waals surface area (Å²) in [6.07, 6.45) is 12.6. The molecule has 1 aliphatic rings. The second kappa shape index (κ2) is 12.1. The van der Waals surface area contributed by atoms with Gasteiger partial charge in [-0.3, -0.25) is 0 Å². The minimum atomic E-state index is -1.25. The van der Waals surface area contributed by atoms with Crippen LogP contribution >= 0.6 is 24.8 Å². The molecule has 0 fully saturated rings. The largest absolute Gasteiger partial charge is 0.147 e. The van der Waals surface area contributed by atoms with E-state index in [-0.39, 0.29) is 30.4 Å². The second-order valence-electron chi connectivity index (χ2n) is 7.62. The van der Waals surface area contributed by atoms with E-state index < -0.39 is 17.9 Å². The Hall–Kier alpha value is 0.734. The first-order chi connectivity index (χ1) is 9.80. The number of allylic oxidation sites excluding steroid dienone is 3. The molecule has 2 atom stereocenters. The summed E-state index contributed by atoms with van der Waals surface area (Å²) in [7, 11) is 0. The maximum absolute atomic E-state index is 6.30. The molecular weight excluding hydrogens is 361 g/mol. The molecule has 2 unspecified atom stereocenters. The van der Waals surface area contributed by atoms with Crippen LogP contribution < -0.4 is 5.73 Å². The van der Waals surface area contributed by atoms with Gasteiger partial charge in [-0.25, -0.2) is 0 Å². The SMILES string of the molecule is CCC[CH](C)[Ti]([C]1=C(CC(C)(C)N)CC=C1)[CH](C)CCC.Cl.Cl. The van der Waals surface area contributed by atoms with Gasteiger partial charge in [0.1, 0.15) is 0 Å². The fraction of sp³-hybridized carbons (Fsp3) is 0.789. The number of rotatable bonds is 9. The Kier molecular flexibility index (Phi) is 13.7. The van der Waals surface area contributed by atoms with Gasteiger partial charge in [-0.05, 0) is 0 Å². The van der Waals surface area contributed by atoms with Gasteiger partial charge >= 0.3 is 139 Å². The van der Waals surface area contributed by atoms with E-state index in [0.717, 1.165) is 21.3 Å². The molecule has 0 aromatic carbocycles. The van der Waals surface area contributed by atoms with Crippen molar-refractivity contribution in [3.63, 3.8) is 0 Å². The van der Waals surface area contributed by atoms with E-state index >= 15 is 0 Å². The fourth-order valence-corrected chi connectivity index (χ4v) is 10.2. The van der Waals surface area contributed by atoms with Crippen molar-refractivity contribution >= 4 is 24.8 Å². The van der Waals surface area contributed by atoms with Gasteiger partial charge in [0.25, 0.3) is 0 Å². The topological polar surface area (TPSA) is 26.0 Å².